The van der Waals surface area contributed by atoms with Gasteiger partial charge in [0.15, 0.2) is 17.4 Å². The van der Waals surface area contributed by atoms with E-state index in [4.69, 9.17) is 9.84 Å². The Morgan fingerprint density at radius 1 is 1.20 bits per heavy atom. The van der Waals surface area contributed by atoms with Gasteiger partial charge >= 0.3 is 29.6 Å². The number of aliphatic hydroxyl groups excluding tert-OH is 3. The molecule has 9 nitrogen and oxygen atoms in total. The normalized spacial score (nSPS) is 29.6. The van der Waals surface area contributed by atoms with Crippen LogP contribution in [0.25, 0.3) is 11.2 Å². The first-order valence-electron chi connectivity index (χ1n) is 5.62. The van der Waals surface area contributed by atoms with Crippen molar-refractivity contribution in [3.8, 4) is 5.88 Å². The van der Waals surface area contributed by atoms with Gasteiger partial charge in [0.25, 0.3) is 0 Å². The van der Waals surface area contributed by atoms with Gasteiger partial charge in [-0.15, -0.1) is 0 Å². The summed E-state index contributed by atoms with van der Waals surface area (Å²) in [5.41, 5.74) is 0.433. The van der Waals surface area contributed by atoms with Gasteiger partial charge in [0.1, 0.15) is 24.6 Å². The van der Waals surface area contributed by atoms with E-state index >= 15 is 0 Å². The monoisotopic (exact) mass is 292 g/mol. The number of nitrogens with zero attached hydrogens (tertiary/aromatic N) is 4. The number of hydrogen-bond donors (Lipinski definition) is 4. The predicted octanol–water partition coefficient (Wildman–Crippen LogP) is -2.51. The first kappa shape index (κ1) is 15.6. The molecule has 1 aliphatic rings. The Balaban J connectivity index is 0.00000147. The van der Waals surface area contributed by atoms with Crippen LogP contribution in [-0.4, -0.2) is 94.4 Å². The van der Waals surface area contributed by atoms with E-state index in [2.05, 4.69) is 15.0 Å². The van der Waals surface area contributed by atoms with Gasteiger partial charge in [-0.3, -0.25) is 4.57 Å². The van der Waals surface area contributed by atoms with E-state index in [0.717, 1.165) is 6.33 Å². The minimum absolute atomic E-state index is 0. The molecule has 1 aliphatic heterocycles. The van der Waals surface area contributed by atoms with Crippen LogP contribution in [-0.2, 0) is 4.74 Å². The number of aliphatic hydroxyl groups is 3. The summed E-state index contributed by atoms with van der Waals surface area (Å²) in [6.45, 7) is -0.415. The van der Waals surface area contributed by atoms with Crippen molar-refractivity contribution in [2.24, 2.45) is 0 Å². The van der Waals surface area contributed by atoms with Crippen LogP contribution in [0.4, 0.5) is 0 Å². The zero-order valence-electron chi connectivity index (χ0n) is 9.66. The van der Waals surface area contributed by atoms with Crippen LogP contribution in [0.2, 0.25) is 0 Å². The van der Waals surface area contributed by atoms with E-state index in [0.29, 0.717) is 0 Å². The minimum atomic E-state index is -1.23. The molecule has 0 amide bonds. The van der Waals surface area contributed by atoms with Crippen LogP contribution in [0.3, 0.4) is 0 Å². The number of aromatic nitrogens is 4. The standard InChI is InChI=1S/C10H12N4O5.Na.H/c15-1-4-6(16)7(17)10(19-4)14-3-13-5-8(14)11-2-12-9(5)18;;/h2-4,6-7,10,15-17H,1H2,(H,11,12,18);;/t4-,6?,7?,10-;;/m1../s1. The number of aromatic hydroxyl groups is 1. The van der Waals surface area contributed by atoms with E-state index in [1.165, 1.54) is 10.9 Å². The van der Waals surface area contributed by atoms with Crippen molar-refractivity contribution in [3.63, 3.8) is 0 Å². The van der Waals surface area contributed by atoms with Crippen LogP contribution in [0, 0.1) is 0 Å². The second-order valence-electron chi connectivity index (χ2n) is 4.25. The third-order valence-corrected chi connectivity index (χ3v) is 3.13. The van der Waals surface area contributed by atoms with Gasteiger partial charge in [-0.25, -0.2) is 9.97 Å². The Labute approximate surface area is 135 Å². The molecule has 0 spiro atoms. The molecule has 2 unspecified atom stereocenters. The Morgan fingerprint density at radius 3 is 2.60 bits per heavy atom. The van der Waals surface area contributed by atoms with Crippen molar-refractivity contribution in [1.82, 2.24) is 19.5 Å². The fourth-order valence-corrected chi connectivity index (χ4v) is 2.14. The van der Waals surface area contributed by atoms with Crippen molar-refractivity contribution in [1.29, 1.82) is 0 Å². The predicted molar refractivity (Wildman–Crippen MR) is 67.1 cm³/mol. The van der Waals surface area contributed by atoms with Gasteiger partial charge in [-0.1, -0.05) is 0 Å². The number of imidazole rings is 1. The average molecular weight is 292 g/mol. The SMILES string of the molecule is OC[C@H]1O[C@@H](n2cnc3c(O)ncnc32)C(O)C1O.[NaH]. The molecule has 3 rings (SSSR count). The molecular formula is C10H13N4NaO5. The number of hydrogen-bond acceptors (Lipinski definition) is 8. The maximum absolute atomic E-state index is 9.92. The maximum atomic E-state index is 9.92. The molecule has 0 aliphatic carbocycles. The molecule has 2 aromatic rings. The third kappa shape index (κ3) is 2.31. The molecule has 1 saturated heterocycles. The molecule has 4 atom stereocenters. The summed E-state index contributed by atoms with van der Waals surface area (Å²) in [5, 5.41) is 38.2. The molecule has 0 saturated carbocycles. The van der Waals surface area contributed by atoms with Gasteiger partial charge in [0, 0.05) is 0 Å². The van der Waals surface area contributed by atoms with Crippen molar-refractivity contribution in [2.45, 2.75) is 24.5 Å². The van der Waals surface area contributed by atoms with Gasteiger partial charge in [-0.05, 0) is 0 Å². The molecule has 104 valence electrons. The van der Waals surface area contributed by atoms with Crippen molar-refractivity contribution in [2.75, 3.05) is 6.61 Å². The van der Waals surface area contributed by atoms with Crippen LogP contribution in [0.1, 0.15) is 6.23 Å². The van der Waals surface area contributed by atoms with Crippen LogP contribution >= 0.6 is 0 Å². The topological polar surface area (TPSA) is 134 Å². The van der Waals surface area contributed by atoms with Gasteiger partial charge in [-0.2, -0.15) is 4.98 Å². The molecule has 1 fully saturated rings. The van der Waals surface area contributed by atoms with Crippen LogP contribution < -0.4 is 0 Å². The van der Waals surface area contributed by atoms with Crippen LogP contribution in [0.5, 0.6) is 5.88 Å². The molecule has 4 N–H and O–H groups in total. The summed E-state index contributed by atoms with van der Waals surface area (Å²) in [6, 6.07) is 0. The molecule has 0 radical (unpaired) electrons. The first-order valence-corrected chi connectivity index (χ1v) is 5.62. The second-order valence-corrected chi connectivity index (χ2v) is 4.25. The molecule has 20 heavy (non-hydrogen) atoms. The van der Waals surface area contributed by atoms with Crippen molar-refractivity contribution >= 4 is 40.7 Å². The van der Waals surface area contributed by atoms with Gasteiger partial charge in [0.05, 0.1) is 12.9 Å². The van der Waals surface area contributed by atoms with Crippen molar-refractivity contribution < 1.29 is 25.2 Å². The second kappa shape index (κ2) is 5.90. The Bertz CT molecular complexity index is 608. The summed E-state index contributed by atoms with van der Waals surface area (Å²) < 4.78 is 6.73. The Morgan fingerprint density at radius 2 is 1.95 bits per heavy atom. The van der Waals surface area contributed by atoms with E-state index in [9.17, 15) is 15.3 Å². The molecule has 10 heteroatoms. The van der Waals surface area contributed by atoms with Crippen molar-refractivity contribution in [3.05, 3.63) is 12.7 Å². The van der Waals surface area contributed by atoms with E-state index < -0.39 is 31.1 Å². The summed E-state index contributed by atoms with van der Waals surface area (Å²) in [4.78, 5) is 11.5. The Hall–Kier alpha value is -0.810. The quantitative estimate of drug-likeness (QED) is 0.446. The molecule has 2 aromatic heterocycles. The molecule has 0 aromatic carbocycles. The zero-order chi connectivity index (χ0) is 13.6. The average Bonchev–Trinajstić information content (AvgIpc) is 2.94. The number of rotatable bonds is 2. The molecular weight excluding hydrogens is 279 g/mol. The zero-order valence-corrected chi connectivity index (χ0v) is 9.66. The fourth-order valence-electron chi connectivity index (χ4n) is 2.14. The summed E-state index contributed by atoms with van der Waals surface area (Å²) in [7, 11) is 0. The summed E-state index contributed by atoms with van der Waals surface area (Å²) >= 11 is 0. The van der Waals surface area contributed by atoms with Gasteiger partial charge in [0.2, 0.25) is 5.88 Å². The first-order chi connectivity index (χ1) is 9.13. The molecule has 3 heterocycles. The van der Waals surface area contributed by atoms with E-state index in [-0.39, 0.29) is 46.6 Å². The van der Waals surface area contributed by atoms with E-state index in [1.807, 2.05) is 0 Å². The Kier molecular flexibility index (Phi) is 4.59. The van der Waals surface area contributed by atoms with E-state index in [1.54, 1.807) is 0 Å². The third-order valence-electron chi connectivity index (χ3n) is 3.13. The summed E-state index contributed by atoms with van der Waals surface area (Å²) in [6.07, 6.45) is -1.79. The molecule has 0 bridgehead atoms. The number of fused-ring (bicyclic) bond motifs is 1. The van der Waals surface area contributed by atoms with Crippen LogP contribution in [0.15, 0.2) is 12.7 Å². The summed E-state index contributed by atoms with van der Waals surface area (Å²) in [5.74, 6) is -0.282. The van der Waals surface area contributed by atoms with Gasteiger partial charge < -0.3 is 25.2 Å². The number of ether oxygens (including phenoxy) is 1. The fraction of sp³-hybridized carbons (Fsp3) is 0.500.